The number of aromatic hydroxyl groups is 2. The zero-order valence-corrected chi connectivity index (χ0v) is 7.73. The van der Waals surface area contributed by atoms with Gasteiger partial charge in [-0.1, -0.05) is 0 Å². The van der Waals surface area contributed by atoms with Gasteiger partial charge in [0.2, 0.25) is 11.4 Å². The Balaban J connectivity index is 3.18. The van der Waals surface area contributed by atoms with E-state index in [1.807, 2.05) is 6.92 Å². The molecule has 1 aromatic heterocycles. The summed E-state index contributed by atoms with van der Waals surface area (Å²) in [5.41, 5.74) is 0.543. The lowest BCUT2D eigenvalue weighted by atomic mass is 10.2. The molecule has 0 unspecified atom stereocenters. The molecule has 1 atom stereocenters. The summed E-state index contributed by atoms with van der Waals surface area (Å²) in [6.07, 6.45) is 1.63. The summed E-state index contributed by atoms with van der Waals surface area (Å²) >= 11 is 0. The highest BCUT2D eigenvalue weighted by Gasteiger charge is 2.19. The first-order valence-electron chi connectivity index (χ1n) is 4.11. The van der Waals surface area contributed by atoms with Gasteiger partial charge in [-0.25, -0.2) is 0 Å². The van der Waals surface area contributed by atoms with Gasteiger partial charge >= 0.3 is 0 Å². The molecule has 0 radical (unpaired) electrons. The maximum atomic E-state index is 9.38. The van der Waals surface area contributed by atoms with Crippen LogP contribution < -0.4 is 4.57 Å². The van der Waals surface area contributed by atoms with Crippen LogP contribution in [-0.2, 0) is 0 Å². The fourth-order valence-corrected chi connectivity index (χ4v) is 1.21. The Morgan fingerprint density at radius 3 is 2.62 bits per heavy atom. The van der Waals surface area contributed by atoms with Crippen LogP contribution in [0.2, 0.25) is 0 Å². The molecule has 1 rings (SSSR count). The Morgan fingerprint density at radius 1 is 1.46 bits per heavy atom. The number of rotatable bonds is 2. The summed E-state index contributed by atoms with van der Waals surface area (Å²) in [6.45, 7) is 3.50. The van der Waals surface area contributed by atoms with Crippen LogP contribution in [0, 0.1) is 6.92 Å². The molecule has 4 nitrogen and oxygen atoms in total. The summed E-state index contributed by atoms with van der Waals surface area (Å²) in [6, 6.07) is 1.29. The van der Waals surface area contributed by atoms with Gasteiger partial charge in [0.15, 0.2) is 18.0 Å². The molecule has 0 aliphatic carbocycles. The fraction of sp³-hybridized carbons (Fsp3) is 0.444. The molecule has 1 aromatic rings. The van der Waals surface area contributed by atoms with Crippen LogP contribution in [0.15, 0.2) is 12.3 Å². The van der Waals surface area contributed by atoms with Crippen molar-refractivity contribution in [2.75, 3.05) is 6.61 Å². The molecule has 0 saturated heterocycles. The van der Waals surface area contributed by atoms with E-state index in [0.717, 1.165) is 0 Å². The minimum absolute atomic E-state index is 0.00424. The smallest absolute Gasteiger partial charge is 0.226 e. The van der Waals surface area contributed by atoms with Crippen molar-refractivity contribution in [3.05, 3.63) is 18.0 Å². The number of pyridine rings is 1. The average molecular weight is 184 g/mol. The van der Waals surface area contributed by atoms with Crippen LogP contribution in [-0.4, -0.2) is 21.9 Å². The molecule has 72 valence electrons. The maximum Gasteiger partial charge on any atom is 0.226 e. The van der Waals surface area contributed by atoms with Gasteiger partial charge < -0.3 is 15.3 Å². The monoisotopic (exact) mass is 184 g/mol. The van der Waals surface area contributed by atoms with Gasteiger partial charge in [-0.15, -0.1) is 0 Å². The van der Waals surface area contributed by atoms with Gasteiger partial charge in [-0.2, -0.15) is 4.57 Å². The van der Waals surface area contributed by atoms with Crippen molar-refractivity contribution in [1.82, 2.24) is 0 Å². The van der Waals surface area contributed by atoms with E-state index in [4.69, 9.17) is 10.2 Å². The normalized spacial score (nSPS) is 12.8. The van der Waals surface area contributed by atoms with E-state index >= 15 is 0 Å². The second-order valence-electron chi connectivity index (χ2n) is 3.07. The third-order valence-electron chi connectivity index (χ3n) is 2.10. The second kappa shape index (κ2) is 3.62. The van der Waals surface area contributed by atoms with Crippen molar-refractivity contribution in [3.63, 3.8) is 0 Å². The van der Waals surface area contributed by atoms with E-state index in [9.17, 15) is 5.11 Å². The van der Waals surface area contributed by atoms with Crippen LogP contribution in [0.3, 0.4) is 0 Å². The third-order valence-corrected chi connectivity index (χ3v) is 2.10. The average Bonchev–Trinajstić information content (AvgIpc) is 2.13. The van der Waals surface area contributed by atoms with E-state index in [2.05, 4.69) is 0 Å². The number of hydrogen-bond donors (Lipinski definition) is 3. The molecule has 13 heavy (non-hydrogen) atoms. The highest BCUT2D eigenvalue weighted by molar-refractivity contribution is 5.36. The lowest BCUT2D eigenvalue weighted by Gasteiger charge is -2.07. The third kappa shape index (κ3) is 1.72. The Bertz CT molecular complexity index is 312. The lowest BCUT2D eigenvalue weighted by Crippen LogP contribution is -2.42. The minimum Gasteiger partial charge on any atom is -0.504 e. The van der Waals surface area contributed by atoms with Crippen molar-refractivity contribution in [2.24, 2.45) is 0 Å². The SMILES string of the molecule is Cc1c(O)c(O)cc[n+]1[C@H](C)CO. The quantitative estimate of drug-likeness (QED) is 0.577. The molecular weight excluding hydrogens is 170 g/mol. The van der Waals surface area contributed by atoms with Gasteiger partial charge in [0.1, 0.15) is 6.61 Å². The number of hydrogen-bond acceptors (Lipinski definition) is 3. The zero-order chi connectivity index (χ0) is 10.0. The Kier molecular flexibility index (Phi) is 2.72. The van der Waals surface area contributed by atoms with Crippen LogP contribution >= 0.6 is 0 Å². The predicted octanol–water partition coefficient (Wildman–Crippen LogP) is 0.247. The van der Waals surface area contributed by atoms with Crippen molar-refractivity contribution >= 4 is 0 Å². The van der Waals surface area contributed by atoms with Crippen molar-refractivity contribution < 1.29 is 19.9 Å². The van der Waals surface area contributed by atoms with Gasteiger partial charge in [-0.3, -0.25) is 0 Å². The Morgan fingerprint density at radius 2 is 2.08 bits per heavy atom. The summed E-state index contributed by atoms with van der Waals surface area (Å²) in [4.78, 5) is 0. The Hall–Kier alpha value is -1.29. The number of aliphatic hydroxyl groups is 1. The fourth-order valence-electron chi connectivity index (χ4n) is 1.21. The molecule has 0 aliphatic heterocycles. The summed E-state index contributed by atoms with van der Waals surface area (Å²) < 4.78 is 1.70. The first-order valence-corrected chi connectivity index (χ1v) is 4.11. The van der Waals surface area contributed by atoms with E-state index in [1.165, 1.54) is 6.07 Å². The van der Waals surface area contributed by atoms with Crippen molar-refractivity contribution in [1.29, 1.82) is 0 Å². The first kappa shape index (κ1) is 9.80. The molecule has 0 aliphatic rings. The topological polar surface area (TPSA) is 64.6 Å². The molecule has 3 N–H and O–H groups in total. The molecule has 0 spiro atoms. The van der Waals surface area contributed by atoms with Crippen molar-refractivity contribution in [3.8, 4) is 11.5 Å². The second-order valence-corrected chi connectivity index (χ2v) is 3.07. The highest BCUT2D eigenvalue weighted by atomic mass is 16.3. The maximum absolute atomic E-state index is 9.38. The molecule has 0 fully saturated rings. The number of aliphatic hydroxyl groups excluding tert-OH is 1. The van der Waals surface area contributed by atoms with E-state index in [-0.39, 0.29) is 24.1 Å². The van der Waals surface area contributed by atoms with E-state index in [1.54, 1.807) is 17.7 Å². The minimum atomic E-state index is -0.140. The van der Waals surface area contributed by atoms with E-state index in [0.29, 0.717) is 5.69 Å². The standard InChI is InChI=1S/C9H13NO3/c1-6(5-11)10-4-3-8(12)9(13)7(10)2/h3-4,6,11,13H,5H2,1-2H3/p+1/t6-/m1/s1. The first-order chi connectivity index (χ1) is 6.07. The van der Waals surface area contributed by atoms with Gasteiger partial charge in [0, 0.05) is 19.9 Å². The number of aromatic nitrogens is 1. The van der Waals surface area contributed by atoms with Crippen LogP contribution in [0.5, 0.6) is 11.5 Å². The zero-order valence-electron chi connectivity index (χ0n) is 7.73. The molecule has 0 amide bonds. The van der Waals surface area contributed by atoms with Crippen molar-refractivity contribution in [2.45, 2.75) is 19.9 Å². The van der Waals surface area contributed by atoms with Gasteiger partial charge in [0.05, 0.1) is 0 Å². The van der Waals surface area contributed by atoms with Crippen LogP contribution in [0.1, 0.15) is 18.7 Å². The molecular formula is C9H14NO3+. The van der Waals surface area contributed by atoms with Gasteiger partial charge in [0.25, 0.3) is 0 Å². The Labute approximate surface area is 76.7 Å². The lowest BCUT2D eigenvalue weighted by molar-refractivity contribution is -0.727. The number of nitrogens with zero attached hydrogens (tertiary/aromatic N) is 1. The molecule has 4 heteroatoms. The predicted molar refractivity (Wildman–Crippen MR) is 46.5 cm³/mol. The summed E-state index contributed by atoms with van der Waals surface area (Å²) in [5.74, 6) is -0.276. The summed E-state index contributed by atoms with van der Waals surface area (Å²) in [5, 5.41) is 27.4. The van der Waals surface area contributed by atoms with Crippen LogP contribution in [0.4, 0.5) is 0 Å². The van der Waals surface area contributed by atoms with E-state index < -0.39 is 0 Å². The largest absolute Gasteiger partial charge is 0.504 e. The molecule has 0 saturated carbocycles. The van der Waals surface area contributed by atoms with Gasteiger partial charge in [-0.05, 0) is 0 Å². The molecule has 0 bridgehead atoms. The molecule has 0 aromatic carbocycles. The highest BCUT2D eigenvalue weighted by Crippen LogP contribution is 2.25. The molecule has 1 heterocycles. The summed E-state index contributed by atoms with van der Waals surface area (Å²) in [7, 11) is 0. The van der Waals surface area contributed by atoms with Crippen LogP contribution in [0.25, 0.3) is 0 Å².